The normalized spacial score (nSPS) is 20.8. The van der Waals surface area contributed by atoms with Gasteiger partial charge in [-0.2, -0.15) is 0 Å². The van der Waals surface area contributed by atoms with Gasteiger partial charge in [0.05, 0.1) is 0 Å². The van der Waals surface area contributed by atoms with E-state index in [9.17, 15) is 0 Å². The van der Waals surface area contributed by atoms with Crippen LogP contribution in [-0.4, -0.2) is 11.6 Å². The standard InChI is InChI=1S/C12H25N/c1-6-11(10-7-8-10)12(4,5)13-9(2)3/h9-11,13H,6-8H2,1-5H3. The predicted molar refractivity (Wildman–Crippen MR) is 58.9 cm³/mol. The lowest BCUT2D eigenvalue weighted by Gasteiger charge is -2.37. The summed E-state index contributed by atoms with van der Waals surface area (Å²) < 4.78 is 0. The number of hydrogen-bond acceptors (Lipinski definition) is 1. The summed E-state index contributed by atoms with van der Waals surface area (Å²) in [5.41, 5.74) is 0.323. The number of hydrogen-bond donors (Lipinski definition) is 1. The van der Waals surface area contributed by atoms with Crippen LogP contribution in [0.2, 0.25) is 0 Å². The van der Waals surface area contributed by atoms with Crippen LogP contribution in [0.1, 0.15) is 53.9 Å². The molecule has 13 heavy (non-hydrogen) atoms. The topological polar surface area (TPSA) is 12.0 Å². The van der Waals surface area contributed by atoms with Crippen molar-refractivity contribution < 1.29 is 0 Å². The van der Waals surface area contributed by atoms with Crippen LogP contribution in [0.25, 0.3) is 0 Å². The molecule has 0 aliphatic heterocycles. The predicted octanol–water partition coefficient (Wildman–Crippen LogP) is 3.20. The van der Waals surface area contributed by atoms with Crippen LogP contribution in [0.5, 0.6) is 0 Å². The first-order valence-corrected chi connectivity index (χ1v) is 5.75. The molecule has 1 rings (SSSR count). The second-order valence-corrected chi connectivity index (χ2v) is 5.37. The summed E-state index contributed by atoms with van der Waals surface area (Å²) in [6, 6.07) is 0.600. The monoisotopic (exact) mass is 183 g/mol. The molecule has 0 aromatic rings. The molecule has 0 amide bonds. The highest BCUT2D eigenvalue weighted by Gasteiger charge is 2.39. The Balaban J connectivity index is 2.52. The average Bonchev–Trinajstić information content (AvgIpc) is 2.68. The zero-order chi connectivity index (χ0) is 10.1. The van der Waals surface area contributed by atoms with Gasteiger partial charge in [0.2, 0.25) is 0 Å². The van der Waals surface area contributed by atoms with Crippen LogP contribution in [0, 0.1) is 11.8 Å². The summed E-state index contributed by atoms with van der Waals surface area (Å²) in [5, 5.41) is 3.69. The van der Waals surface area contributed by atoms with E-state index >= 15 is 0 Å². The third kappa shape index (κ3) is 2.98. The molecular formula is C12H25N. The summed E-state index contributed by atoms with van der Waals surface area (Å²) in [4.78, 5) is 0. The first-order chi connectivity index (χ1) is 5.97. The largest absolute Gasteiger partial charge is 0.309 e. The zero-order valence-corrected chi connectivity index (χ0v) is 9.85. The molecule has 1 atom stereocenters. The molecule has 1 fully saturated rings. The molecule has 1 heteroatoms. The van der Waals surface area contributed by atoms with Gasteiger partial charge < -0.3 is 5.32 Å². The molecular weight excluding hydrogens is 158 g/mol. The minimum Gasteiger partial charge on any atom is -0.309 e. The van der Waals surface area contributed by atoms with E-state index in [2.05, 4.69) is 39.9 Å². The van der Waals surface area contributed by atoms with E-state index in [0.717, 1.165) is 11.8 Å². The molecule has 1 N–H and O–H groups in total. The van der Waals surface area contributed by atoms with Crippen LogP contribution < -0.4 is 5.32 Å². The van der Waals surface area contributed by atoms with E-state index in [-0.39, 0.29) is 0 Å². The molecule has 1 nitrogen and oxygen atoms in total. The fraction of sp³-hybridized carbons (Fsp3) is 1.00. The van der Waals surface area contributed by atoms with Crippen molar-refractivity contribution in [3.63, 3.8) is 0 Å². The van der Waals surface area contributed by atoms with Crippen LogP contribution in [0.4, 0.5) is 0 Å². The van der Waals surface area contributed by atoms with E-state index < -0.39 is 0 Å². The Labute approximate surface area is 83.3 Å². The summed E-state index contributed by atoms with van der Waals surface area (Å²) in [6.45, 7) is 11.5. The average molecular weight is 183 g/mol. The lowest BCUT2D eigenvalue weighted by Crippen LogP contribution is -2.49. The van der Waals surface area contributed by atoms with Crippen LogP contribution in [0.15, 0.2) is 0 Å². The van der Waals surface area contributed by atoms with Gasteiger partial charge in [-0.3, -0.25) is 0 Å². The first-order valence-electron chi connectivity index (χ1n) is 5.75. The van der Waals surface area contributed by atoms with Crippen molar-refractivity contribution in [1.29, 1.82) is 0 Å². The highest BCUT2D eigenvalue weighted by molar-refractivity contribution is 4.95. The van der Waals surface area contributed by atoms with Gasteiger partial charge in [-0.1, -0.05) is 27.2 Å². The van der Waals surface area contributed by atoms with Gasteiger partial charge in [0.15, 0.2) is 0 Å². The summed E-state index contributed by atoms with van der Waals surface area (Å²) in [5.74, 6) is 1.88. The van der Waals surface area contributed by atoms with Crippen molar-refractivity contribution in [2.75, 3.05) is 0 Å². The Hall–Kier alpha value is -0.0400. The molecule has 0 aromatic heterocycles. The number of nitrogens with one attached hydrogen (secondary N) is 1. The number of rotatable bonds is 5. The Morgan fingerprint density at radius 2 is 1.85 bits per heavy atom. The summed E-state index contributed by atoms with van der Waals surface area (Å²) in [7, 11) is 0. The lowest BCUT2D eigenvalue weighted by molar-refractivity contribution is 0.204. The molecule has 0 heterocycles. The molecule has 1 unspecified atom stereocenters. The van der Waals surface area contributed by atoms with E-state index in [1.165, 1.54) is 19.3 Å². The van der Waals surface area contributed by atoms with Crippen LogP contribution in [-0.2, 0) is 0 Å². The Kier molecular flexibility index (Phi) is 3.39. The Morgan fingerprint density at radius 3 is 2.15 bits per heavy atom. The van der Waals surface area contributed by atoms with E-state index in [1.54, 1.807) is 0 Å². The highest BCUT2D eigenvalue weighted by atomic mass is 15.0. The molecule has 0 bridgehead atoms. The quantitative estimate of drug-likeness (QED) is 0.690. The van der Waals surface area contributed by atoms with Gasteiger partial charge in [0.1, 0.15) is 0 Å². The van der Waals surface area contributed by atoms with Crippen LogP contribution >= 0.6 is 0 Å². The summed E-state index contributed by atoms with van der Waals surface area (Å²) in [6.07, 6.45) is 4.24. The zero-order valence-electron chi connectivity index (χ0n) is 9.85. The Morgan fingerprint density at radius 1 is 1.31 bits per heavy atom. The van der Waals surface area contributed by atoms with Gasteiger partial charge in [0.25, 0.3) is 0 Å². The van der Waals surface area contributed by atoms with Crippen LogP contribution in [0.3, 0.4) is 0 Å². The maximum absolute atomic E-state index is 3.69. The smallest absolute Gasteiger partial charge is 0.0158 e. The molecule has 0 saturated heterocycles. The van der Waals surface area contributed by atoms with Crippen molar-refractivity contribution in [2.24, 2.45) is 11.8 Å². The molecule has 1 aliphatic rings. The molecule has 0 radical (unpaired) electrons. The van der Waals surface area contributed by atoms with Gasteiger partial charge >= 0.3 is 0 Å². The van der Waals surface area contributed by atoms with E-state index in [4.69, 9.17) is 0 Å². The Bertz CT molecular complexity index is 157. The lowest BCUT2D eigenvalue weighted by atomic mass is 9.81. The third-order valence-electron chi connectivity index (χ3n) is 3.22. The minimum atomic E-state index is 0.323. The molecule has 1 aliphatic carbocycles. The SMILES string of the molecule is CCC(C1CC1)C(C)(C)NC(C)C. The second kappa shape index (κ2) is 4.00. The first kappa shape index (κ1) is 11.0. The molecule has 0 spiro atoms. The minimum absolute atomic E-state index is 0.323. The van der Waals surface area contributed by atoms with Crippen molar-refractivity contribution in [3.05, 3.63) is 0 Å². The summed E-state index contributed by atoms with van der Waals surface area (Å²) >= 11 is 0. The van der Waals surface area contributed by atoms with Gasteiger partial charge in [-0.05, 0) is 38.5 Å². The molecule has 0 aromatic carbocycles. The van der Waals surface area contributed by atoms with Crippen molar-refractivity contribution in [3.8, 4) is 0 Å². The fourth-order valence-electron chi connectivity index (χ4n) is 2.78. The highest BCUT2D eigenvalue weighted by Crippen LogP contribution is 2.43. The van der Waals surface area contributed by atoms with Crippen molar-refractivity contribution in [1.82, 2.24) is 5.32 Å². The van der Waals surface area contributed by atoms with Crippen molar-refractivity contribution in [2.45, 2.75) is 65.5 Å². The van der Waals surface area contributed by atoms with E-state index in [1.807, 2.05) is 0 Å². The third-order valence-corrected chi connectivity index (χ3v) is 3.22. The van der Waals surface area contributed by atoms with Gasteiger partial charge in [-0.25, -0.2) is 0 Å². The second-order valence-electron chi connectivity index (χ2n) is 5.37. The van der Waals surface area contributed by atoms with Crippen molar-refractivity contribution >= 4 is 0 Å². The fourth-order valence-corrected chi connectivity index (χ4v) is 2.78. The maximum Gasteiger partial charge on any atom is 0.0158 e. The maximum atomic E-state index is 3.69. The van der Waals surface area contributed by atoms with Gasteiger partial charge in [-0.15, -0.1) is 0 Å². The molecule has 78 valence electrons. The van der Waals surface area contributed by atoms with Gasteiger partial charge in [0, 0.05) is 11.6 Å². The molecule has 1 saturated carbocycles. The van der Waals surface area contributed by atoms with E-state index in [0.29, 0.717) is 11.6 Å².